The Morgan fingerprint density at radius 3 is 1.39 bits per heavy atom. The Kier molecular flexibility index (Phi) is 14.9. The van der Waals surface area contributed by atoms with Gasteiger partial charge in [0.1, 0.15) is 0 Å². The zero-order valence-corrected chi connectivity index (χ0v) is 35.6. The van der Waals surface area contributed by atoms with Gasteiger partial charge >= 0.3 is 70.3 Å². The van der Waals surface area contributed by atoms with Crippen molar-refractivity contribution < 1.29 is 49.0 Å². The minimum atomic E-state index is 0. The fraction of sp³-hybridized carbons (Fsp3) is 0.250. The average molecular weight is 789 g/mol. The normalized spacial score (nSPS) is 12.0. The molecule has 0 atom stereocenters. The van der Waals surface area contributed by atoms with E-state index in [1.807, 2.05) is 12.2 Å². The van der Waals surface area contributed by atoms with E-state index in [2.05, 4.69) is 181 Å². The van der Waals surface area contributed by atoms with Crippen LogP contribution in [0.25, 0.3) is 43.8 Å². The third-order valence-electron chi connectivity index (χ3n) is 9.30. The van der Waals surface area contributed by atoms with Gasteiger partial charge in [0.05, 0.1) is 0 Å². The summed E-state index contributed by atoms with van der Waals surface area (Å²) in [5, 5.41) is 5.38. The van der Waals surface area contributed by atoms with Crippen molar-refractivity contribution in [3.05, 3.63) is 161 Å². The third kappa shape index (κ3) is 10.2. The zero-order chi connectivity index (χ0) is 35.3. The quantitative estimate of drug-likeness (QED) is 0.166. The molecule has 0 aliphatic heterocycles. The van der Waals surface area contributed by atoms with Gasteiger partial charge < -0.3 is 24.8 Å². The number of hydrogen-bond acceptors (Lipinski definition) is 0. The van der Waals surface area contributed by atoms with E-state index >= 15 is 0 Å². The molecule has 0 heterocycles. The summed E-state index contributed by atoms with van der Waals surface area (Å²) in [5.41, 5.74) is 13.6. The Morgan fingerprint density at radius 1 is 0.608 bits per heavy atom. The molecular weight excluding hydrogens is 739 g/mol. The second kappa shape index (κ2) is 18.0. The summed E-state index contributed by atoms with van der Waals surface area (Å²) < 4.78 is 2.19. The monoisotopic (exact) mass is 786 g/mol. The van der Waals surface area contributed by atoms with E-state index in [1.54, 1.807) is 0 Å². The molecular formula is C48H50Cl2Zr-2. The number of aryl methyl sites for hydroxylation is 3. The van der Waals surface area contributed by atoms with Crippen LogP contribution in [0, 0.1) is 26.8 Å². The minimum Gasteiger partial charge on any atom is -1.00 e. The number of allylic oxidation sites excluding steroid dienone is 4. The molecule has 0 bridgehead atoms. The first-order valence-electron chi connectivity index (χ1n) is 17.4. The van der Waals surface area contributed by atoms with Crippen LogP contribution in [0.5, 0.6) is 0 Å². The van der Waals surface area contributed by atoms with Crippen LogP contribution in [0.15, 0.2) is 121 Å². The molecule has 1 aliphatic rings. The summed E-state index contributed by atoms with van der Waals surface area (Å²) in [6.45, 7) is 20.5. The van der Waals surface area contributed by atoms with Crippen molar-refractivity contribution in [2.24, 2.45) is 0 Å². The maximum absolute atomic E-state index is 2.99. The van der Waals surface area contributed by atoms with E-state index < -0.39 is 0 Å². The van der Waals surface area contributed by atoms with Gasteiger partial charge in [-0.15, -0.1) is 46.2 Å². The molecule has 0 amide bonds. The van der Waals surface area contributed by atoms with E-state index in [0.29, 0.717) is 0 Å². The largest absolute Gasteiger partial charge is 1.00 e. The SMILES string of the molecule is Cc1ccc([CH]=[Zr+2])cc1.Cc1ccccc1-c1cc2[cH-]c3cc(-c4ccccc4C)c(C(C)(C)C)cc3c2cc1C(C)(C)C.[C-]1=CC=CC1.[Cl-].[Cl-]. The maximum Gasteiger partial charge on any atom is -0.0139 e. The van der Waals surface area contributed by atoms with Crippen molar-refractivity contribution in [1.82, 2.24) is 0 Å². The molecule has 0 aromatic heterocycles. The standard InChI is InChI=1S/C35H37.C8H8.C5H5.2ClH.Zr/c1-22-13-9-11-15-26(22)30-18-24-17-25-19-31(27-16-12-10-14-23(27)2)33(35(6,7)8)21-29(25)28(24)20-32(30)34(3,4)5;1-7-3-5-8(2)6-4-7;1-2-4-5-3-1;;;/h9-21H,1-8H3;1,3-6H,2H3;1-3H,4H2;2*1H;/q-1;;-1;;;+2/p-2. The summed E-state index contributed by atoms with van der Waals surface area (Å²) in [6.07, 6.45) is 10.0. The number of hydrogen-bond donors (Lipinski definition) is 0. The predicted molar refractivity (Wildman–Crippen MR) is 213 cm³/mol. The Bertz CT molecular complexity index is 2020. The van der Waals surface area contributed by atoms with Crippen LogP contribution < -0.4 is 24.8 Å². The molecule has 0 unspecified atom stereocenters. The van der Waals surface area contributed by atoms with Crippen molar-refractivity contribution in [2.75, 3.05) is 0 Å². The van der Waals surface area contributed by atoms with Gasteiger partial charge in [-0.3, -0.25) is 6.08 Å². The Morgan fingerprint density at radius 2 is 1.06 bits per heavy atom. The van der Waals surface area contributed by atoms with Gasteiger partial charge in [0.25, 0.3) is 0 Å². The van der Waals surface area contributed by atoms with Crippen LogP contribution in [0.3, 0.4) is 0 Å². The van der Waals surface area contributed by atoms with Gasteiger partial charge in [-0.1, -0.05) is 102 Å². The predicted octanol–water partition coefficient (Wildman–Crippen LogP) is 7.26. The first-order chi connectivity index (χ1) is 23.3. The van der Waals surface area contributed by atoms with Gasteiger partial charge in [0, 0.05) is 0 Å². The summed E-state index contributed by atoms with van der Waals surface area (Å²) in [5.74, 6) is 0. The van der Waals surface area contributed by atoms with Crippen LogP contribution in [0.2, 0.25) is 0 Å². The van der Waals surface area contributed by atoms with E-state index in [-0.39, 0.29) is 35.6 Å². The summed E-state index contributed by atoms with van der Waals surface area (Å²) >= 11 is 1.47. The maximum atomic E-state index is 2.99. The molecule has 0 saturated heterocycles. The van der Waals surface area contributed by atoms with E-state index in [4.69, 9.17) is 0 Å². The van der Waals surface area contributed by atoms with Crippen LogP contribution in [-0.4, -0.2) is 3.71 Å². The van der Waals surface area contributed by atoms with Crippen LogP contribution in [-0.2, 0) is 35.1 Å². The van der Waals surface area contributed by atoms with Crippen molar-refractivity contribution in [3.63, 3.8) is 0 Å². The second-order valence-corrected chi connectivity index (χ2v) is 16.0. The van der Waals surface area contributed by atoms with Gasteiger partial charge in [0.15, 0.2) is 0 Å². The van der Waals surface area contributed by atoms with E-state index in [1.165, 1.54) is 101 Å². The first-order valence-corrected chi connectivity index (χ1v) is 18.8. The number of rotatable bonds is 3. The molecule has 3 heteroatoms. The molecule has 1 aliphatic carbocycles. The van der Waals surface area contributed by atoms with E-state index in [9.17, 15) is 0 Å². The number of benzene rings is 5. The topological polar surface area (TPSA) is 0 Å². The molecule has 51 heavy (non-hydrogen) atoms. The van der Waals surface area contributed by atoms with Gasteiger partial charge in [-0.2, -0.15) is 6.08 Å². The molecule has 6 aromatic rings. The second-order valence-electron chi connectivity index (χ2n) is 15.3. The zero-order valence-electron chi connectivity index (χ0n) is 31.6. The van der Waals surface area contributed by atoms with Crippen LogP contribution in [0.1, 0.15) is 81.3 Å². The van der Waals surface area contributed by atoms with Crippen molar-refractivity contribution in [1.29, 1.82) is 0 Å². The van der Waals surface area contributed by atoms with Crippen LogP contribution >= 0.6 is 0 Å². The van der Waals surface area contributed by atoms with Crippen molar-refractivity contribution in [3.8, 4) is 22.3 Å². The molecule has 0 N–H and O–H groups in total. The molecule has 6 aromatic carbocycles. The minimum absolute atomic E-state index is 0. The number of fused-ring (bicyclic) bond motifs is 3. The summed E-state index contributed by atoms with van der Waals surface area (Å²) in [4.78, 5) is 0. The van der Waals surface area contributed by atoms with E-state index in [0.717, 1.165) is 6.42 Å². The summed E-state index contributed by atoms with van der Waals surface area (Å²) in [6, 6.07) is 38.3. The molecule has 262 valence electrons. The molecule has 0 nitrogen and oxygen atoms in total. The van der Waals surface area contributed by atoms with Gasteiger partial charge in [-0.05, 0) is 69.2 Å². The number of halogens is 2. The average Bonchev–Trinajstić information content (AvgIpc) is 3.76. The molecule has 0 fully saturated rings. The van der Waals surface area contributed by atoms with Crippen molar-refractivity contribution >= 4 is 25.3 Å². The summed E-state index contributed by atoms with van der Waals surface area (Å²) in [7, 11) is 0. The molecule has 0 saturated carbocycles. The first kappa shape index (κ1) is 42.2. The van der Waals surface area contributed by atoms with Gasteiger partial charge in [-0.25, -0.2) is 12.2 Å². The Balaban J connectivity index is 0.000000366. The molecule has 7 rings (SSSR count). The Labute approximate surface area is 334 Å². The van der Waals surface area contributed by atoms with Crippen LogP contribution in [0.4, 0.5) is 0 Å². The molecule has 0 spiro atoms. The smallest absolute Gasteiger partial charge is 0.0139 e. The third-order valence-corrected chi connectivity index (χ3v) is 10.1. The van der Waals surface area contributed by atoms with Gasteiger partial charge in [0.2, 0.25) is 0 Å². The fourth-order valence-corrected chi connectivity index (χ4v) is 7.02. The van der Waals surface area contributed by atoms with Crippen molar-refractivity contribution in [2.45, 2.75) is 79.6 Å². The Hall–Kier alpha value is -3.22. The molecule has 0 radical (unpaired) electrons. The fourth-order valence-electron chi connectivity index (χ4n) is 6.55.